The van der Waals surface area contributed by atoms with Crippen LogP contribution in [0.15, 0.2) is 24.3 Å². The van der Waals surface area contributed by atoms with Gasteiger partial charge in [0, 0.05) is 34.7 Å². The molecule has 1 aliphatic rings. The Morgan fingerprint density at radius 3 is 2.45 bits per heavy atom. The van der Waals surface area contributed by atoms with Crippen LogP contribution in [0.25, 0.3) is 0 Å². The second kappa shape index (κ2) is 6.83. The highest BCUT2D eigenvalue weighted by Crippen LogP contribution is 2.25. The average Bonchev–Trinajstić information content (AvgIpc) is 2.44. The van der Waals surface area contributed by atoms with Crippen molar-refractivity contribution in [3.8, 4) is 11.8 Å². The third-order valence-corrected chi connectivity index (χ3v) is 4.40. The van der Waals surface area contributed by atoms with Crippen LogP contribution in [-0.4, -0.2) is 40.9 Å². The highest BCUT2D eigenvalue weighted by atomic mass is 32.2. The number of hydrogen-bond acceptors (Lipinski definition) is 3. The third kappa shape index (κ3) is 3.78. The van der Waals surface area contributed by atoms with Crippen LogP contribution in [0.3, 0.4) is 0 Å². The fraction of sp³-hybridized carbons (Fsp3) is 0.438. The second-order valence-electron chi connectivity index (χ2n) is 5.05. The second-order valence-corrected chi connectivity index (χ2v) is 6.93. The molecule has 2 unspecified atom stereocenters. The molecular weight excluding hydrogens is 268 g/mol. The predicted molar refractivity (Wildman–Crippen MR) is 84.8 cm³/mol. The molecule has 0 radical (unpaired) electrons. The van der Waals surface area contributed by atoms with Crippen molar-refractivity contribution in [1.82, 2.24) is 4.90 Å². The van der Waals surface area contributed by atoms with E-state index in [0.29, 0.717) is 17.0 Å². The summed E-state index contributed by atoms with van der Waals surface area (Å²) < 4.78 is 0. The van der Waals surface area contributed by atoms with Crippen molar-refractivity contribution in [2.24, 2.45) is 5.73 Å². The third-order valence-electron chi connectivity index (χ3n) is 3.17. The minimum Gasteiger partial charge on any atom is -0.336 e. The van der Waals surface area contributed by atoms with Crippen LogP contribution in [0.4, 0.5) is 0 Å². The summed E-state index contributed by atoms with van der Waals surface area (Å²) in [6.07, 6.45) is 0. The molecule has 106 valence electrons. The maximum absolute atomic E-state index is 12.5. The van der Waals surface area contributed by atoms with Crippen molar-refractivity contribution in [2.45, 2.75) is 24.3 Å². The van der Waals surface area contributed by atoms with Crippen molar-refractivity contribution < 1.29 is 4.79 Å². The van der Waals surface area contributed by atoms with Crippen LogP contribution in [0.1, 0.15) is 29.8 Å². The maximum Gasteiger partial charge on any atom is 0.253 e. The topological polar surface area (TPSA) is 46.3 Å². The molecule has 0 bridgehead atoms. The number of thioether (sulfide) groups is 1. The van der Waals surface area contributed by atoms with E-state index in [1.165, 1.54) is 0 Å². The van der Waals surface area contributed by atoms with Crippen molar-refractivity contribution in [1.29, 1.82) is 0 Å². The summed E-state index contributed by atoms with van der Waals surface area (Å²) in [6.45, 7) is 6.34. The van der Waals surface area contributed by atoms with Gasteiger partial charge in [-0.1, -0.05) is 25.7 Å². The zero-order valence-electron chi connectivity index (χ0n) is 11.9. The fourth-order valence-electron chi connectivity index (χ4n) is 2.38. The van der Waals surface area contributed by atoms with Gasteiger partial charge in [-0.3, -0.25) is 4.79 Å². The number of nitrogens with two attached hydrogens (primary N) is 1. The predicted octanol–water partition coefficient (Wildman–Crippen LogP) is 1.96. The Kier molecular flexibility index (Phi) is 5.11. The van der Waals surface area contributed by atoms with Gasteiger partial charge in [0.05, 0.1) is 6.54 Å². The fourth-order valence-corrected chi connectivity index (χ4v) is 3.70. The zero-order chi connectivity index (χ0) is 14.5. The Labute approximate surface area is 124 Å². The van der Waals surface area contributed by atoms with E-state index in [1.54, 1.807) is 0 Å². The van der Waals surface area contributed by atoms with E-state index in [1.807, 2.05) is 40.9 Å². The van der Waals surface area contributed by atoms with Gasteiger partial charge in [-0.25, -0.2) is 0 Å². The Morgan fingerprint density at radius 1 is 1.30 bits per heavy atom. The molecule has 0 spiro atoms. The normalized spacial score (nSPS) is 22.1. The number of carbonyl (C=O) groups is 1. The molecule has 2 N–H and O–H groups in total. The maximum atomic E-state index is 12.5. The molecule has 1 aromatic carbocycles. The largest absolute Gasteiger partial charge is 0.336 e. The Balaban J connectivity index is 2.09. The van der Waals surface area contributed by atoms with Gasteiger partial charge < -0.3 is 10.6 Å². The van der Waals surface area contributed by atoms with Crippen molar-refractivity contribution >= 4 is 17.7 Å². The number of amides is 1. The number of hydrogen-bond donors (Lipinski definition) is 1. The lowest BCUT2D eigenvalue weighted by Crippen LogP contribution is -2.44. The van der Waals surface area contributed by atoms with E-state index < -0.39 is 0 Å². The molecule has 1 saturated heterocycles. The standard InChI is InChI=1S/C16H20N2OS/c1-12-10-18(11-13(2)20-12)16(19)15-7-5-14(6-8-15)4-3-9-17/h5-8,12-13H,9-11,17H2,1-2H3. The molecule has 1 fully saturated rings. The van der Waals surface area contributed by atoms with E-state index in [0.717, 1.165) is 24.2 Å². The van der Waals surface area contributed by atoms with E-state index in [-0.39, 0.29) is 5.91 Å². The molecule has 2 atom stereocenters. The van der Waals surface area contributed by atoms with Crippen molar-refractivity contribution in [3.05, 3.63) is 35.4 Å². The lowest BCUT2D eigenvalue weighted by molar-refractivity contribution is 0.0753. The van der Waals surface area contributed by atoms with Gasteiger partial charge in [-0.2, -0.15) is 11.8 Å². The van der Waals surface area contributed by atoms with E-state index in [4.69, 9.17) is 5.73 Å². The minimum absolute atomic E-state index is 0.113. The van der Waals surface area contributed by atoms with Gasteiger partial charge in [-0.15, -0.1) is 0 Å². The van der Waals surface area contributed by atoms with Gasteiger partial charge in [0.15, 0.2) is 0 Å². The molecule has 1 aromatic rings. The Hall–Kier alpha value is -1.44. The van der Waals surface area contributed by atoms with Crippen LogP contribution in [0, 0.1) is 11.8 Å². The van der Waals surface area contributed by atoms with Gasteiger partial charge in [0.2, 0.25) is 0 Å². The number of benzene rings is 1. The van der Waals surface area contributed by atoms with E-state index in [9.17, 15) is 4.79 Å². The lowest BCUT2D eigenvalue weighted by atomic mass is 10.1. The average molecular weight is 288 g/mol. The Morgan fingerprint density at radius 2 is 1.90 bits per heavy atom. The zero-order valence-corrected chi connectivity index (χ0v) is 12.7. The van der Waals surface area contributed by atoms with Crippen LogP contribution < -0.4 is 5.73 Å². The molecule has 2 rings (SSSR count). The molecule has 4 heteroatoms. The van der Waals surface area contributed by atoms with Gasteiger partial charge >= 0.3 is 0 Å². The summed E-state index contributed by atoms with van der Waals surface area (Å²) in [7, 11) is 0. The molecule has 20 heavy (non-hydrogen) atoms. The summed E-state index contributed by atoms with van der Waals surface area (Å²) in [5.41, 5.74) is 6.96. The molecular formula is C16H20N2OS. The monoisotopic (exact) mass is 288 g/mol. The molecule has 3 nitrogen and oxygen atoms in total. The molecule has 0 aromatic heterocycles. The van der Waals surface area contributed by atoms with Crippen molar-refractivity contribution in [3.63, 3.8) is 0 Å². The number of nitrogens with zero attached hydrogens (tertiary/aromatic N) is 1. The van der Waals surface area contributed by atoms with E-state index in [2.05, 4.69) is 25.7 Å². The first-order valence-corrected chi connectivity index (χ1v) is 7.78. The minimum atomic E-state index is 0.113. The summed E-state index contributed by atoms with van der Waals surface area (Å²) in [4.78, 5) is 14.4. The lowest BCUT2D eigenvalue weighted by Gasteiger charge is -2.34. The van der Waals surface area contributed by atoms with Crippen LogP contribution in [0.2, 0.25) is 0 Å². The van der Waals surface area contributed by atoms with Gasteiger partial charge in [0.25, 0.3) is 5.91 Å². The summed E-state index contributed by atoms with van der Waals surface area (Å²) in [5, 5.41) is 0.995. The van der Waals surface area contributed by atoms with Crippen LogP contribution in [-0.2, 0) is 0 Å². The smallest absolute Gasteiger partial charge is 0.253 e. The molecule has 0 saturated carbocycles. The first-order chi connectivity index (χ1) is 9.60. The molecule has 1 amide bonds. The van der Waals surface area contributed by atoms with Crippen molar-refractivity contribution in [2.75, 3.05) is 19.6 Å². The molecule has 1 heterocycles. The van der Waals surface area contributed by atoms with Gasteiger partial charge in [-0.05, 0) is 24.3 Å². The van der Waals surface area contributed by atoms with E-state index >= 15 is 0 Å². The van der Waals surface area contributed by atoms with Gasteiger partial charge in [0.1, 0.15) is 0 Å². The number of rotatable bonds is 1. The SMILES string of the molecule is CC1CN(C(=O)c2ccc(C#CCN)cc2)CC(C)S1. The van der Waals surface area contributed by atoms with Crippen LogP contribution >= 0.6 is 11.8 Å². The summed E-state index contributed by atoms with van der Waals surface area (Å²) >= 11 is 1.95. The summed E-state index contributed by atoms with van der Waals surface area (Å²) in [6, 6.07) is 7.45. The first kappa shape index (κ1) is 15.0. The quantitative estimate of drug-likeness (QED) is 0.804. The first-order valence-electron chi connectivity index (χ1n) is 6.84. The summed E-state index contributed by atoms with van der Waals surface area (Å²) in [5.74, 6) is 5.88. The van der Waals surface area contributed by atoms with Crippen LogP contribution in [0.5, 0.6) is 0 Å². The Bertz CT molecular complexity index is 520. The molecule has 0 aliphatic carbocycles. The molecule has 1 aliphatic heterocycles. The number of carbonyl (C=O) groups excluding carboxylic acids is 1. The highest BCUT2D eigenvalue weighted by molar-refractivity contribution is 8.00. The highest BCUT2D eigenvalue weighted by Gasteiger charge is 2.26.